The molecule has 0 saturated carbocycles. The number of allylic oxidation sites excluding steroid dienone is 1. The predicted molar refractivity (Wildman–Crippen MR) is 76.9 cm³/mol. The second-order valence-electron chi connectivity index (χ2n) is 4.07. The van der Waals surface area contributed by atoms with Crippen LogP contribution in [0.4, 0.5) is 5.69 Å². The van der Waals surface area contributed by atoms with Crippen LogP contribution in [0.5, 0.6) is 5.75 Å². The molecule has 100 valence electrons. The fourth-order valence-electron chi connectivity index (χ4n) is 1.85. The lowest BCUT2D eigenvalue weighted by Gasteiger charge is -2.14. The molecule has 1 aromatic rings. The quantitative estimate of drug-likeness (QED) is 0.373. The number of hydrogen-bond acceptors (Lipinski definition) is 3. The van der Waals surface area contributed by atoms with Gasteiger partial charge in [-0.1, -0.05) is 19.4 Å². The highest BCUT2D eigenvalue weighted by atomic mass is 16.3. The van der Waals surface area contributed by atoms with Gasteiger partial charge in [-0.15, -0.1) is 6.58 Å². The maximum Gasteiger partial charge on any atom is 0.122 e. The number of aryl methyl sites for hydroxylation is 1. The molecule has 0 bridgehead atoms. The predicted octanol–water partition coefficient (Wildman–Crippen LogP) is 3.17. The third-order valence-electron chi connectivity index (χ3n) is 2.59. The Balaban J connectivity index is 0.000000873. The van der Waals surface area contributed by atoms with Gasteiger partial charge in [-0.05, 0) is 43.9 Å². The standard InChI is InChI=1S/C13H19NO.C2H4O/c1-4-6-10-11(7-5-2)13(15)9(3)8-12(10)14;1-2-3/h5,8,15H,2,4,6-7,14H2,1,3H3;2H,1H3. The van der Waals surface area contributed by atoms with E-state index in [0.29, 0.717) is 12.2 Å². The largest absolute Gasteiger partial charge is 0.507 e. The lowest BCUT2D eigenvalue weighted by Crippen LogP contribution is -2.01. The fraction of sp³-hybridized carbons (Fsp3) is 0.400. The minimum atomic E-state index is 0.368. The van der Waals surface area contributed by atoms with Crippen molar-refractivity contribution in [1.29, 1.82) is 0 Å². The molecule has 0 aliphatic heterocycles. The van der Waals surface area contributed by atoms with Crippen LogP contribution in [-0.2, 0) is 17.6 Å². The van der Waals surface area contributed by atoms with Crippen molar-refractivity contribution in [2.45, 2.75) is 40.0 Å². The monoisotopic (exact) mass is 249 g/mol. The highest BCUT2D eigenvalue weighted by Crippen LogP contribution is 2.31. The average Bonchev–Trinajstić information content (AvgIpc) is 2.32. The maximum absolute atomic E-state index is 9.96. The zero-order valence-electron chi connectivity index (χ0n) is 11.5. The highest BCUT2D eigenvalue weighted by Gasteiger charge is 2.12. The molecule has 0 aromatic heterocycles. The van der Waals surface area contributed by atoms with Crippen LogP contribution in [0, 0.1) is 6.92 Å². The minimum Gasteiger partial charge on any atom is -0.507 e. The molecule has 0 aliphatic carbocycles. The van der Waals surface area contributed by atoms with Crippen molar-refractivity contribution < 1.29 is 9.90 Å². The first kappa shape index (κ1) is 16.2. The van der Waals surface area contributed by atoms with Gasteiger partial charge in [0, 0.05) is 11.3 Å². The number of anilines is 1. The summed E-state index contributed by atoms with van der Waals surface area (Å²) in [7, 11) is 0. The number of aldehydes is 1. The second kappa shape index (κ2) is 8.34. The van der Waals surface area contributed by atoms with E-state index in [2.05, 4.69) is 13.5 Å². The van der Waals surface area contributed by atoms with Gasteiger partial charge in [0.15, 0.2) is 0 Å². The maximum atomic E-state index is 9.96. The van der Waals surface area contributed by atoms with Crippen LogP contribution in [0.15, 0.2) is 18.7 Å². The van der Waals surface area contributed by atoms with Crippen LogP contribution >= 0.6 is 0 Å². The minimum absolute atomic E-state index is 0.368. The van der Waals surface area contributed by atoms with E-state index in [9.17, 15) is 5.11 Å². The van der Waals surface area contributed by atoms with Crippen molar-refractivity contribution in [3.8, 4) is 5.75 Å². The molecule has 18 heavy (non-hydrogen) atoms. The van der Waals surface area contributed by atoms with Gasteiger partial charge in [0.25, 0.3) is 0 Å². The Bertz CT molecular complexity index is 411. The summed E-state index contributed by atoms with van der Waals surface area (Å²) in [5, 5.41) is 9.96. The van der Waals surface area contributed by atoms with E-state index in [4.69, 9.17) is 10.5 Å². The van der Waals surface area contributed by atoms with Crippen LogP contribution in [0.1, 0.15) is 37.0 Å². The summed E-state index contributed by atoms with van der Waals surface area (Å²) in [5.74, 6) is 0.368. The molecule has 0 fully saturated rings. The van der Waals surface area contributed by atoms with Gasteiger partial charge in [-0.2, -0.15) is 0 Å². The summed E-state index contributed by atoms with van der Waals surface area (Å²) in [6.45, 7) is 9.12. The van der Waals surface area contributed by atoms with Crippen molar-refractivity contribution >= 4 is 12.0 Å². The first-order valence-electron chi connectivity index (χ1n) is 6.13. The van der Waals surface area contributed by atoms with Crippen LogP contribution in [0.25, 0.3) is 0 Å². The Hall–Kier alpha value is -1.77. The fourth-order valence-corrected chi connectivity index (χ4v) is 1.85. The molecule has 0 atom stereocenters. The molecular formula is C15H23NO2. The van der Waals surface area contributed by atoms with Gasteiger partial charge in [-0.25, -0.2) is 0 Å². The van der Waals surface area contributed by atoms with Gasteiger partial charge in [0.1, 0.15) is 12.0 Å². The van der Waals surface area contributed by atoms with E-state index >= 15 is 0 Å². The summed E-state index contributed by atoms with van der Waals surface area (Å²) in [4.78, 5) is 8.81. The van der Waals surface area contributed by atoms with E-state index in [1.165, 1.54) is 6.92 Å². The lowest BCUT2D eigenvalue weighted by molar-refractivity contribution is -0.106. The van der Waals surface area contributed by atoms with Crippen molar-refractivity contribution in [2.75, 3.05) is 5.73 Å². The molecule has 1 rings (SSSR count). The van der Waals surface area contributed by atoms with Gasteiger partial charge >= 0.3 is 0 Å². The highest BCUT2D eigenvalue weighted by molar-refractivity contribution is 5.60. The smallest absolute Gasteiger partial charge is 0.122 e. The van der Waals surface area contributed by atoms with Crippen molar-refractivity contribution in [1.82, 2.24) is 0 Å². The number of carbonyl (C=O) groups excluding carboxylic acids is 1. The number of rotatable bonds is 4. The third-order valence-corrected chi connectivity index (χ3v) is 2.59. The summed E-state index contributed by atoms with van der Waals surface area (Å²) in [6, 6.07) is 1.84. The van der Waals surface area contributed by atoms with Crippen LogP contribution in [-0.4, -0.2) is 11.4 Å². The summed E-state index contributed by atoms with van der Waals surface area (Å²) < 4.78 is 0. The summed E-state index contributed by atoms with van der Waals surface area (Å²) in [6.07, 6.45) is 5.15. The molecule has 0 radical (unpaired) electrons. The van der Waals surface area contributed by atoms with E-state index in [0.717, 1.165) is 41.5 Å². The normalized spacial score (nSPS) is 9.28. The molecular weight excluding hydrogens is 226 g/mol. The number of nitrogen functional groups attached to an aromatic ring is 1. The summed E-state index contributed by atoms with van der Waals surface area (Å²) >= 11 is 0. The van der Waals surface area contributed by atoms with Gasteiger partial charge in [0.05, 0.1) is 0 Å². The lowest BCUT2D eigenvalue weighted by atomic mass is 9.95. The molecule has 0 heterocycles. The first-order valence-corrected chi connectivity index (χ1v) is 6.13. The number of phenols is 1. The Labute approximate surface area is 109 Å². The zero-order valence-corrected chi connectivity index (χ0v) is 11.5. The van der Waals surface area contributed by atoms with E-state index in [1.807, 2.05) is 13.0 Å². The van der Waals surface area contributed by atoms with E-state index in [-0.39, 0.29) is 0 Å². The molecule has 3 N–H and O–H groups in total. The number of aromatic hydroxyl groups is 1. The number of hydrogen-bond donors (Lipinski definition) is 2. The second-order valence-corrected chi connectivity index (χ2v) is 4.07. The number of carbonyl (C=O) groups is 1. The Morgan fingerprint density at radius 3 is 2.44 bits per heavy atom. The van der Waals surface area contributed by atoms with Gasteiger partial charge in [-0.3, -0.25) is 0 Å². The molecule has 0 saturated heterocycles. The SMILES string of the molecule is C=CCc1c(O)c(C)cc(N)c1CCC.CC=O. The molecule has 0 aliphatic rings. The molecule has 3 heteroatoms. The van der Waals surface area contributed by atoms with E-state index in [1.54, 1.807) is 6.08 Å². The van der Waals surface area contributed by atoms with Crippen LogP contribution in [0.3, 0.4) is 0 Å². The topological polar surface area (TPSA) is 63.3 Å². The zero-order chi connectivity index (χ0) is 14.1. The molecule has 0 unspecified atom stereocenters. The Morgan fingerprint density at radius 1 is 1.44 bits per heavy atom. The molecule has 1 aromatic carbocycles. The first-order chi connectivity index (χ1) is 8.53. The average molecular weight is 249 g/mol. The van der Waals surface area contributed by atoms with Crippen molar-refractivity contribution in [3.05, 3.63) is 35.4 Å². The van der Waals surface area contributed by atoms with Crippen LogP contribution in [0.2, 0.25) is 0 Å². The summed E-state index contributed by atoms with van der Waals surface area (Å²) in [5.41, 5.74) is 9.59. The Kier molecular flexibility index (Phi) is 7.52. The van der Waals surface area contributed by atoms with Gasteiger partial charge < -0.3 is 15.6 Å². The molecule has 3 nitrogen and oxygen atoms in total. The third kappa shape index (κ3) is 4.24. The number of benzene rings is 1. The van der Waals surface area contributed by atoms with Crippen molar-refractivity contribution in [3.63, 3.8) is 0 Å². The molecule has 0 amide bonds. The number of phenolic OH excluding ortho intramolecular Hbond substituents is 1. The number of nitrogens with two attached hydrogens (primary N) is 1. The van der Waals surface area contributed by atoms with Gasteiger partial charge in [0.2, 0.25) is 0 Å². The van der Waals surface area contributed by atoms with Crippen molar-refractivity contribution in [2.24, 2.45) is 0 Å². The molecule has 0 spiro atoms. The van der Waals surface area contributed by atoms with E-state index < -0.39 is 0 Å². The van der Waals surface area contributed by atoms with Crippen LogP contribution < -0.4 is 5.73 Å². The Morgan fingerprint density at radius 2 is 2.00 bits per heavy atom.